The Labute approximate surface area is 186 Å². The van der Waals surface area contributed by atoms with Crippen LogP contribution in [-0.4, -0.2) is 19.3 Å². The summed E-state index contributed by atoms with van der Waals surface area (Å²) in [5.74, 6) is 0.492. The highest BCUT2D eigenvalue weighted by atomic mass is 32.2. The molecule has 0 aliphatic carbocycles. The molecule has 6 heteroatoms. The molecule has 156 valence electrons. The van der Waals surface area contributed by atoms with E-state index < -0.39 is 11.5 Å². The lowest BCUT2D eigenvalue weighted by Gasteiger charge is -2.31. The van der Waals surface area contributed by atoms with Crippen molar-refractivity contribution >= 4 is 23.5 Å². The zero-order chi connectivity index (χ0) is 21.5. The molecule has 1 heterocycles. The van der Waals surface area contributed by atoms with E-state index in [-0.39, 0.29) is 0 Å². The number of amides is 1. The van der Waals surface area contributed by atoms with Gasteiger partial charge in [-0.1, -0.05) is 42.1 Å². The summed E-state index contributed by atoms with van der Waals surface area (Å²) in [7, 11) is 0. The van der Waals surface area contributed by atoms with Gasteiger partial charge in [-0.05, 0) is 66.9 Å². The molecule has 3 aromatic carbocycles. The number of carbonyl (C=O) groups is 1. The second kappa shape index (κ2) is 9.69. The third-order valence-electron chi connectivity index (χ3n) is 5.24. The monoisotopic (exact) mass is 430 g/mol. The number of nitrogens with one attached hydrogen (secondary N) is 1. The number of rotatable bonds is 5. The van der Waals surface area contributed by atoms with Gasteiger partial charge in [0.1, 0.15) is 5.75 Å². The van der Waals surface area contributed by atoms with Gasteiger partial charge in [0.15, 0.2) is 0 Å². The minimum absolute atomic E-state index is 0.471. The molecule has 4 rings (SSSR count). The van der Waals surface area contributed by atoms with Gasteiger partial charge in [0.25, 0.3) is 0 Å². The summed E-state index contributed by atoms with van der Waals surface area (Å²) in [5.41, 5.74) is 1.23. The molecular formula is C25H22N2O3S. The molecule has 1 fully saturated rings. The molecular weight excluding hydrogens is 408 g/mol. The van der Waals surface area contributed by atoms with Gasteiger partial charge in [0, 0.05) is 28.7 Å². The summed E-state index contributed by atoms with van der Waals surface area (Å²) in [5, 5.41) is 12.5. The van der Waals surface area contributed by atoms with Crippen molar-refractivity contribution in [2.75, 3.05) is 18.5 Å². The predicted octanol–water partition coefficient (Wildman–Crippen LogP) is 6.02. The van der Waals surface area contributed by atoms with Crippen LogP contribution in [0.5, 0.6) is 5.75 Å². The van der Waals surface area contributed by atoms with E-state index in [0.29, 0.717) is 24.7 Å². The van der Waals surface area contributed by atoms with E-state index in [1.54, 1.807) is 23.9 Å². The maximum atomic E-state index is 12.0. The highest BCUT2D eigenvalue weighted by molar-refractivity contribution is 7.99. The van der Waals surface area contributed by atoms with Crippen LogP contribution in [0.4, 0.5) is 10.5 Å². The lowest BCUT2D eigenvalue weighted by atomic mass is 9.75. The van der Waals surface area contributed by atoms with Crippen molar-refractivity contribution in [2.24, 2.45) is 0 Å². The fraction of sp³-hybridized carbons (Fsp3) is 0.200. The summed E-state index contributed by atoms with van der Waals surface area (Å²) in [6, 6.07) is 27.2. The van der Waals surface area contributed by atoms with Gasteiger partial charge < -0.3 is 9.47 Å². The largest absolute Gasteiger partial charge is 0.417 e. The fourth-order valence-corrected chi connectivity index (χ4v) is 4.40. The summed E-state index contributed by atoms with van der Waals surface area (Å²) in [6.45, 7) is 1.23. The molecule has 31 heavy (non-hydrogen) atoms. The Balaban J connectivity index is 1.40. The van der Waals surface area contributed by atoms with Gasteiger partial charge in [-0.3, -0.25) is 5.32 Å². The van der Waals surface area contributed by atoms with Gasteiger partial charge in [-0.2, -0.15) is 5.26 Å². The van der Waals surface area contributed by atoms with E-state index in [9.17, 15) is 10.1 Å². The van der Waals surface area contributed by atoms with Crippen molar-refractivity contribution in [1.29, 1.82) is 5.26 Å². The normalized spacial score (nSPS) is 14.9. The molecule has 0 radical (unpaired) electrons. The first-order chi connectivity index (χ1) is 15.2. The fourth-order valence-electron chi connectivity index (χ4n) is 3.52. The maximum absolute atomic E-state index is 12.0. The second-order valence-corrected chi connectivity index (χ2v) is 8.44. The van der Waals surface area contributed by atoms with Crippen LogP contribution in [-0.2, 0) is 10.2 Å². The number of hydrogen-bond donors (Lipinski definition) is 1. The predicted molar refractivity (Wildman–Crippen MR) is 120 cm³/mol. The van der Waals surface area contributed by atoms with Crippen LogP contribution in [0.3, 0.4) is 0 Å². The Morgan fingerprint density at radius 3 is 2.42 bits per heavy atom. The van der Waals surface area contributed by atoms with Gasteiger partial charge >= 0.3 is 6.09 Å². The van der Waals surface area contributed by atoms with E-state index in [4.69, 9.17) is 9.47 Å². The van der Waals surface area contributed by atoms with E-state index in [1.165, 1.54) is 0 Å². The molecule has 1 amide bonds. The lowest BCUT2D eigenvalue weighted by molar-refractivity contribution is 0.0675. The first-order valence-electron chi connectivity index (χ1n) is 10.1. The van der Waals surface area contributed by atoms with Crippen LogP contribution < -0.4 is 10.1 Å². The van der Waals surface area contributed by atoms with Gasteiger partial charge in [0.05, 0.1) is 11.5 Å². The lowest BCUT2D eigenvalue weighted by Crippen LogP contribution is -2.32. The highest BCUT2D eigenvalue weighted by Gasteiger charge is 2.34. The Hall–Kier alpha value is -3.27. The molecule has 1 aliphatic heterocycles. The minimum atomic E-state index is -0.530. The maximum Gasteiger partial charge on any atom is 0.417 e. The molecule has 1 saturated heterocycles. The van der Waals surface area contributed by atoms with Crippen molar-refractivity contribution in [1.82, 2.24) is 0 Å². The van der Waals surface area contributed by atoms with E-state index in [1.807, 2.05) is 60.7 Å². The first-order valence-corrected chi connectivity index (χ1v) is 10.9. The second-order valence-electron chi connectivity index (χ2n) is 7.29. The van der Waals surface area contributed by atoms with Crippen molar-refractivity contribution in [3.8, 4) is 11.8 Å². The summed E-state index contributed by atoms with van der Waals surface area (Å²) in [4.78, 5) is 14.1. The van der Waals surface area contributed by atoms with E-state index in [2.05, 4.69) is 17.5 Å². The molecule has 1 N–H and O–H groups in total. The van der Waals surface area contributed by atoms with Crippen molar-refractivity contribution in [3.05, 3.63) is 84.4 Å². The molecule has 1 aliphatic rings. The van der Waals surface area contributed by atoms with E-state index >= 15 is 0 Å². The minimum Gasteiger partial charge on any atom is -0.410 e. The number of nitrogens with zero attached hydrogens (tertiary/aromatic N) is 1. The molecule has 3 aromatic rings. The molecule has 0 atom stereocenters. The Morgan fingerprint density at radius 2 is 1.71 bits per heavy atom. The van der Waals surface area contributed by atoms with E-state index in [0.717, 1.165) is 28.2 Å². The summed E-state index contributed by atoms with van der Waals surface area (Å²) >= 11 is 1.62. The number of para-hydroxylation sites is 1. The standard InChI is InChI=1S/C25H22N2O3S/c26-18-25(13-15-29-16-14-25)19-5-4-8-23(17-19)31-22-11-9-20(10-12-22)27-24(28)30-21-6-2-1-3-7-21/h1-12,17H,13-16H2,(H,27,28). The summed E-state index contributed by atoms with van der Waals surface area (Å²) < 4.78 is 10.7. The Bertz CT molecular complexity index is 1070. The van der Waals surface area contributed by atoms with Crippen LogP contribution in [0.2, 0.25) is 0 Å². The van der Waals surface area contributed by atoms with Crippen LogP contribution >= 0.6 is 11.8 Å². The third-order valence-corrected chi connectivity index (χ3v) is 6.23. The topological polar surface area (TPSA) is 71.4 Å². The quantitative estimate of drug-likeness (QED) is 0.536. The molecule has 0 spiro atoms. The molecule has 0 bridgehead atoms. The van der Waals surface area contributed by atoms with Crippen LogP contribution in [0.1, 0.15) is 18.4 Å². The Morgan fingerprint density at radius 1 is 0.968 bits per heavy atom. The number of carbonyl (C=O) groups excluding carboxylic acids is 1. The number of ether oxygens (including phenoxy) is 2. The molecule has 0 unspecified atom stereocenters. The first kappa shape index (κ1) is 21.0. The SMILES string of the molecule is N#CC1(c2cccc(Sc3ccc(NC(=O)Oc4ccccc4)cc3)c2)CCOCC1. The molecule has 0 aromatic heterocycles. The third kappa shape index (κ3) is 5.26. The van der Waals surface area contributed by atoms with Crippen LogP contribution in [0, 0.1) is 11.3 Å². The number of anilines is 1. The zero-order valence-electron chi connectivity index (χ0n) is 16.9. The molecule has 5 nitrogen and oxygen atoms in total. The van der Waals surface area contributed by atoms with Crippen molar-refractivity contribution in [2.45, 2.75) is 28.0 Å². The van der Waals surface area contributed by atoms with Crippen molar-refractivity contribution < 1.29 is 14.3 Å². The summed E-state index contributed by atoms with van der Waals surface area (Å²) in [6.07, 6.45) is 0.909. The van der Waals surface area contributed by atoms with Gasteiger partial charge in [0.2, 0.25) is 0 Å². The smallest absolute Gasteiger partial charge is 0.410 e. The number of benzene rings is 3. The zero-order valence-corrected chi connectivity index (χ0v) is 17.7. The number of hydrogen-bond acceptors (Lipinski definition) is 5. The van der Waals surface area contributed by atoms with Crippen LogP contribution in [0.25, 0.3) is 0 Å². The molecule has 0 saturated carbocycles. The Kier molecular flexibility index (Phi) is 6.56. The van der Waals surface area contributed by atoms with Gasteiger partial charge in [-0.15, -0.1) is 0 Å². The average Bonchev–Trinajstić information content (AvgIpc) is 2.81. The van der Waals surface area contributed by atoms with Crippen LogP contribution in [0.15, 0.2) is 88.7 Å². The number of nitriles is 1. The van der Waals surface area contributed by atoms with Crippen molar-refractivity contribution in [3.63, 3.8) is 0 Å². The van der Waals surface area contributed by atoms with Gasteiger partial charge in [-0.25, -0.2) is 4.79 Å². The highest BCUT2D eigenvalue weighted by Crippen LogP contribution is 2.37. The average molecular weight is 431 g/mol.